The first-order chi connectivity index (χ1) is 12.8. The van der Waals surface area contributed by atoms with Gasteiger partial charge in [0.2, 0.25) is 5.82 Å². The van der Waals surface area contributed by atoms with E-state index in [9.17, 15) is 4.79 Å². The van der Waals surface area contributed by atoms with Gasteiger partial charge >= 0.3 is 0 Å². The molecule has 0 spiro atoms. The molecular formula is C19H29N7O. The van der Waals surface area contributed by atoms with Gasteiger partial charge in [-0.25, -0.2) is 15.0 Å². The minimum atomic E-state index is -0.170. The van der Waals surface area contributed by atoms with Gasteiger partial charge in [-0.05, 0) is 34.1 Å². The molecule has 1 atom stereocenters. The number of imidazole rings is 1. The number of hydrogen-bond acceptors (Lipinski definition) is 6. The number of amides is 1. The molecule has 2 aromatic rings. The number of nitrogens with zero attached hydrogens (tertiary/aromatic N) is 5. The Labute approximate surface area is 160 Å². The lowest BCUT2D eigenvalue weighted by Crippen LogP contribution is -2.33. The van der Waals surface area contributed by atoms with Crippen molar-refractivity contribution in [3.05, 3.63) is 34.3 Å². The minimum Gasteiger partial charge on any atom is -0.355 e. The summed E-state index contributed by atoms with van der Waals surface area (Å²) in [5.41, 5.74) is 4.04. The largest absolute Gasteiger partial charge is 0.355 e. The van der Waals surface area contributed by atoms with Crippen LogP contribution in [0.2, 0.25) is 0 Å². The van der Waals surface area contributed by atoms with Crippen molar-refractivity contribution in [1.29, 1.82) is 0 Å². The average molecular weight is 371 g/mol. The van der Waals surface area contributed by atoms with Crippen LogP contribution in [0, 0.1) is 27.7 Å². The number of anilines is 1. The lowest BCUT2D eigenvalue weighted by Gasteiger charge is -2.22. The molecule has 27 heavy (non-hydrogen) atoms. The van der Waals surface area contributed by atoms with Gasteiger partial charge in [0.05, 0.1) is 12.2 Å². The van der Waals surface area contributed by atoms with Crippen LogP contribution in [0.3, 0.4) is 0 Å². The molecule has 0 aromatic carbocycles. The summed E-state index contributed by atoms with van der Waals surface area (Å²) in [7, 11) is 3.43. The van der Waals surface area contributed by atoms with E-state index in [1.165, 1.54) is 4.90 Å². The van der Waals surface area contributed by atoms with Crippen molar-refractivity contribution in [2.45, 2.75) is 46.7 Å². The van der Waals surface area contributed by atoms with Crippen LogP contribution >= 0.6 is 0 Å². The predicted molar refractivity (Wildman–Crippen MR) is 105 cm³/mol. The number of hydrogen-bond donors (Lipinski definition) is 2. The lowest BCUT2D eigenvalue weighted by molar-refractivity contribution is 0.0815. The molecule has 1 aliphatic heterocycles. The smallest absolute Gasteiger partial charge is 0.291 e. The maximum Gasteiger partial charge on any atom is 0.291 e. The summed E-state index contributed by atoms with van der Waals surface area (Å²) >= 11 is 0. The Bertz CT molecular complexity index is 823. The Hall–Kier alpha value is -2.48. The molecule has 2 N–H and O–H groups in total. The molecule has 0 saturated carbocycles. The van der Waals surface area contributed by atoms with Crippen LogP contribution in [0.25, 0.3) is 0 Å². The number of carbonyl (C=O) groups excluding carboxylic acids is 1. The number of rotatable bonds is 5. The van der Waals surface area contributed by atoms with Crippen molar-refractivity contribution >= 4 is 11.7 Å². The van der Waals surface area contributed by atoms with Crippen LogP contribution in [0.5, 0.6) is 0 Å². The van der Waals surface area contributed by atoms with Crippen LogP contribution in [-0.2, 0) is 6.54 Å². The van der Waals surface area contributed by atoms with E-state index in [1.807, 2.05) is 27.7 Å². The third-order valence-electron chi connectivity index (χ3n) is 5.18. The molecule has 3 heterocycles. The van der Waals surface area contributed by atoms with Crippen molar-refractivity contribution in [2.24, 2.45) is 0 Å². The van der Waals surface area contributed by atoms with Crippen molar-refractivity contribution in [3.8, 4) is 0 Å². The first-order valence-electron chi connectivity index (χ1n) is 9.33. The normalized spacial score (nSPS) is 16.8. The number of aromatic amines is 1. The van der Waals surface area contributed by atoms with Gasteiger partial charge in [-0.1, -0.05) is 0 Å². The van der Waals surface area contributed by atoms with E-state index < -0.39 is 0 Å². The highest BCUT2D eigenvalue weighted by atomic mass is 16.2. The Morgan fingerprint density at radius 3 is 2.56 bits per heavy atom. The number of nitrogens with one attached hydrogen (secondary N) is 2. The van der Waals surface area contributed by atoms with Gasteiger partial charge in [0.25, 0.3) is 5.91 Å². The Kier molecular flexibility index (Phi) is 5.46. The molecule has 1 saturated heterocycles. The molecular weight excluding hydrogens is 342 g/mol. The van der Waals surface area contributed by atoms with Crippen LogP contribution in [0.1, 0.15) is 45.5 Å². The fraction of sp³-hybridized carbons (Fsp3) is 0.579. The summed E-state index contributed by atoms with van der Waals surface area (Å²) in [6.45, 7) is 10.5. The van der Waals surface area contributed by atoms with E-state index in [4.69, 9.17) is 0 Å². The molecule has 1 fully saturated rings. The van der Waals surface area contributed by atoms with Crippen molar-refractivity contribution < 1.29 is 4.79 Å². The Morgan fingerprint density at radius 2 is 1.93 bits per heavy atom. The number of aryl methyl sites for hydroxylation is 3. The topological polar surface area (TPSA) is 90.0 Å². The van der Waals surface area contributed by atoms with Crippen LogP contribution in [0.15, 0.2) is 0 Å². The zero-order valence-electron chi connectivity index (χ0n) is 17.1. The third-order valence-corrected chi connectivity index (χ3v) is 5.18. The minimum absolute atomic E-state index is 0.170. The number of carbonyl (C=O) groups is 1. The second-order valence-electron chi connectivity index (χ2n) is 7.49. The van der Waals surface area contributed by atoms with E-state index >= 15 is 0 Å². The molecule has 2 aromatic heterocycles. The fourth-order valence-electron chi connectivity index (χ4n) is 3.28. The van der Waals surface area contributed by atoms with E-state index in [2.05, 4.69) is 30.2 Å². The Balaban J connectivity index is 1.69. The highest BCUT2D eigenvalue weighted by molar-refractivity contribution is 5.90. The van der Waals surface area contributed by atoms with Crippen molar-refractivity contribution in [1.82, 2.24) is 30.2 Å². The second kappa shape index (κ2) is 7.64. The maximum atomic E-state index is 12.3. The van der Waals surface area contributed by atoms with E-state index in [0.717, 1.165) is 60.3 Å². The fourth-order valence-corrected chi connectivity index (χ4v) is 3.28. The SMILES string of the molecule is Cc1nc(CN[C@@H]2CCN(c3nc(C(=O)N(C)C)nc(C)c3C)C2)[nH]c1C. The monoisotopic (exact) mass is 371 g/mol. The first-order valence-corrected chi connectivity index (χ1v) is 9.33. The van der Waals surface area contributed by atoms with Crippen LogP contribution < -0.4 is 10.2 Å². The van der Waals surface area contributed by atoms with Crippen LogP contribution in [0.4, 0.5) is 5.82 Å². The Morgan fingerprint density at radius 1 is 1.19 bits per heavy atom. The average Bonchev–Trinajstić information content (AvgIpc) is 3.21. The lowest BCUT2D eigenvalue weighted by atomic mass is 10.2. The van der Waals surface area contributed by atoms with E-state index in [-0.39, 0.29) is 11.7 Å². The summed E-state index contributed by atoms with van der Waals surface area (Å²) in [6, 6.07) is 0.360. The zero-order chi connectivity index (χ0) is 19.7. The van der Waals surface area contributed by atoms with Crippen molar-refractivity contribution in [3.63, 3.8) is 0 Å². The van der Waals surface area contributed by atoms with Crippen molar-refractivity contribution in [2.75, 3.05) is 32.1 Å². The predicted octanol–water partition coefficient (Wildman–Crippen LogP) is 1.50. The van der Waals surface area contributed by atoms with Gasteiger partial charge in [-0.15, -0.1) is 0 Å². The summed E-state index contributed by atoms with van der Waals surface area (Å²) in [6.07, 6.45) is 1.03. The standard InChI is InChI=1S/C19H29N7O/c1-11-12(2)23-17(19(27)25(5)6)24-18(11)26-8-7-15(10-26)20-9-16-21-13(3)14(4)22-16/h15,20H,7-10H2,1-6H3,(H,21,22)/t15-/m1/s1. The second-order valence-corrected chi connectivity index (χ2v) is 7.49. The molecule has 0 unspecified atom stereocenters. The quantitative estimate of drug-likeness (QED) is 0.828. The molecule has 1 aliphatic rings. The van der Waals surface area contributed by atoms with Gasteiger partial charge in [0.1, 0.15) is 11.6 Å². The highest BCUT2D eigenvalue weighted by Gasteiger charge is 2.26. The molecule has 0 aliphatic carbocycles. The van der Waals surface area contributed by atoms with Gasteiger partial charge < -0.3 is 20.1 Å². The molecule has 3 rings (SSSR count). The first kappa shape index (κ1) is 19.3. The summed E-state index contributed by atoms with van der Waals surface area (Å²) in [5.74, 6) is 1.92. The molecule has 1 amide bonds. The van der Waals surface area contributed by atoms with Gasteiger partial charge in [0.15, 0.2) is 0 Å². The molecule has 8 heteroatoms. The van der Waals surface area contributed by atoms with E-state index in [1.54, 1.807) is 14.1 Å². The third kappa shape index (κ3) is 4.10. The molecule has 0 radical (unpaired) electrons. The number of aromatic nitrogens is 4. The molecule has 0 bridgehead atoms. The van der Waals surface area contributed by atoms with Gasteiger partial charge in [-0.2, -0.15) is 0 Å². The summed E-state index contributed by atoms with van der Waals surface area (Å²) in [5, 5.41) is 3.57. The van der Waals surface area contributed by atoms with E-state index in [0.29, 0.717) is 6.04 Å². The maximum absolute atomic E-state index is 12.3. The highest BCUT2D eigenvalue weighted by Crippen LogP contribution is 2.24. The van der Waals surface area contributed by atoms with Gasteiger partial charge in [0, 0.05) is 50.2 Å². The molecule has 146 valence electrons. The summed E-state index contributed by atoms with van der Waals surface area (Å²) in [4.78, 5) is 32.8. The summed E-state index contributed by atoms with van der Waals surface area (Å²) < 4.78 is 0. The molecule has 8 nitrogen and oxygen atoms in total. The van der Waals surface area contributed by atoms with Gasteiger partial charge in [-0.3, -0.25) is 4.79 Å². The number of H-pyrrole nitrogens is 1. The zero-order valence-corrected chi connectivity index (χ0v) is 17.1. The van der Waals surface area contributed by atoms with Crippen LogP contribution in [-0.4, -0.2) is 64.0 Å².